The molecule has 112 valence electrons. The highest BCUT2D eigenvalue weighted by Crippen LogP contribution is 2.27. The first-order chi connectivity index (χ1) is 11.1. The van der Waals surface area contributed by atoms with Crippen LogP contribution in [0.1, 0.15) is 10.6 Å². The third-order valence-corrected chi connectivity index (χ3v) is 4.25. The predicted molar refractivity (Wildman–Crippen MR) is 87.3 cm³/mol. The van der Waals surface area contributed by atoms with Crippen molar-refractivity contribution in [1.82, 2.24) is 4.98 Å². The second-order valence-electron chi connectivity index (χ2n) is 4.67. The molecule has 0 bridgehead atoms. The van der Waals surface area contributed by atoms with Crippen molar-refractivity contribution in [2.75, 3.05) is 0 Å². The predicted octanol–water partition coefficient (Wildman–Crippen LogP) is 3.75. The fourth-order valence-electron chi connectivity index (χ4n) is 2.10. The van der Waals surface area contributed by atoms with Gasteiger partial charge in [-0.05, 0) is 24.3 Å². The molecule has 0 fully saturated rings. The highest BCUT2D eigenvalue weighted by molar-refractivity contribution is 7.19. The zero-order valence-corrected chi connectivity index (χ0v) is 12.5. The van der Waals surface area contributed by atoms with E-state index in [0.717, 1.165) is 17.4 Å². The maximum absolute atomic E-state index is 13.3. The van der Waals surface area contributed by atoms with Crippen LogP contribution < -0.4 is 5.56 Å². The number of aliphatic hydroxyl groups excluding tert-OH is 1. The Bertz CT molecular complexity index is 1030. The Morgan fingerprint density at radius 3 is 2.74 bits per heavy atom. The lowest BCUT2D eigenvalue weighted by molar-refractivity contribution is 0.512. The van der Waals surface area contributed by atoms with Gasteiger partial charge < -0.3 is 5.11 Å². The highest BCUT2D eigenvalue weighted by atomic mass is 32.1. The van der Waals surface area contributed by atoms with Crippen LogP contribution in [0.2, 0.25) is 0 Å². The first kappa shape index (κ1) is 14.9. The van der Waals surface area contributed by atoms with E-state index < -0.39 is 17.1 Å². The van der Waals surface area contributed by atoms with Gasteiger partial charge in [0.05, 0.1) is 5.39 Å². The lowest BCUT2D eigenvalue weighted by atomic mass is 10.1. The van der Waals surface area contributed by atoms with Gasteiger partial charge in [0, 0.05) is 10.3 Å². The van der Waals surface area contributed by atoms with E-state index in [2.05, 4.69) is 4.98 Å². The number of rotatable bonds is 2. The molecule has 4 nitrogen and oxygen atoms in total. The van der Waals surface area contributed by atoms with E-state index in [1.165, 1.54) is 18.2 Å². The van der Waals surface area contributed by atoms with Crippen LogP contribution in [0.4, 0.5) is 4.39 Å². The number of nitrogens with zero attached hydrogens (tertiary/aromatic N) is 2. The van der Waals surface area contributed by atoms with Crippen molar-refractivity contribution in [3.63, 3.8) is 0 Å². The van der Waals surface area contributed by atoms with E-state index in [1.54, 1.807) is 24.3 Å². The molecule has 0 aliphatic heterocycles. The number of allylic oxidation sites excluding steroid dienone is 1. The van der Waals surface area contributed by atoms with Gasteiger partial charge in [0.25, 0.3) is 5.56 Å². The summed E-state index contributed by atoms with van der Waals surface area (Å²) in [7, 11) is 0. The van der Waals surface area contributed by atoms with E-state index in [1.807, 2.05) is 6.07 Å². The van der Waals surface area contributed by atoms with Crippen molar-refractivity contribution in [3.05, 3.63) is 75.3 Å². The minimum atomic E-state index is -0.536. The normalized spacial score (nSPS) is 11.8. The van der Waals surface area contributed by atoms with Gasteiger partial charge in [0.1, 0.15) is 28.2 Å². The summed E-state index contributed by atoms with van der Waals surface area (Å²) in [4.78, 5) is 15.9. The van der Waals surface area contributed by atoms with Crippen molar-refractivity contribution in [3.8, 4) is 6.07 Å². The first-order valence-electron chi connectivity index (χ1n) is 6.59. The van der Waals surface area contributed by atoms with Gasteiger partial charge >= 0.3 is 0 Å². The number of aromatic nitrogens is 1. The average molecular weight is 324 g/mol. The third-order valence-electron chi connectivity index (χ3n) is 3.19. The minimum Gasteiger partial charge on any atom is -0.506 e. The fraction of sp³-hybridized carbons (Fsp3) is 0. The molecule has 0 spiro atoms. The summed E-state index contributed by atoms with van der Waals surface area (Å²) in [6.07, 6.45) is 0. The molecule has 0 aliphatic rings. The Kier molecular flexibility index (Phi) is 3.87. The molecule has 0 atom stereocenters. The molecule has 1 heterocycles. The molecule has 0 radical (unpaired) electrons. The number of hydrogen-bond donors (Lipinski definition) is 1. The summed E-state index contributed by atoms with van der Waals surface area (Å²) in [5.41, 5.74) is -0.492. The molecule has 0 saturated carbocycles. The van der Waals surface area contributed by atoms with E-state index in [-0.39, 0.29) is 16.1 Å². The number of benzene rings is 2. The van der Waals surface area contributed by atoms with Gasteiger partial charge in [0.15, 0.2) is 0 Å². The molecule has 1 aromatic heterocycles. The first-order valence-corrected chi connectivity index (χ1v) is 7.41. The van der Waals surface area contributed by atoms with Gasteiger partial charge in [-0.3, -0.25) is 4.79 Å². The lowest BCUT2D eigenvalue weighted by Gasteiger charge is -2.05. The lowest BCUT2D eigenvalue weighted by Crippen LogP contribution is -2.07. The van der Waals surface area contributed by atoms with Gasteiger partial charge in [-0.2, -0.15) is 10.2 Å². The standard InChI is InChI=1S/C17H9FN2O2S/c18-11-5-3-4-10(8-11)15(21)13(9-19)17-20-16(22)12-6-1-2-7-14(12)23-17/h1-8,21H. The summed E-state index contributed by atoms with van der Waals surface area (Å²) in [6.45, 7) is 0. The molecule has 3 rings (SSSR count). The van der Waals surface area contributed by atoms with Crippen molar-refractivity contribution < 1.29 is 9.50 Å². The Labute approximate surface area is 134 Å². The number of hydrogen-bond acceptors (Lipinski definition) is 5. The maximum Gasteiger partial charge on any atom is 0.279 e. The minimum absolute atomic E-state index is 0.0953. The maximum atomic E-state index is 13.3. The average Bonchev–Trinajstić information content (AvgIpc) is 2.55. The van der Waals surface area contributed by atoms with Crippen LogP contribution in [-0.2, 0) is 0 Å². The Hall–Kier alpha value is -3.04. The van der Waals surface area contributed by atoms with Gasteiger partial charge in [-0.25, -0.2) is 4.39 Å². The fourth-order valence-corrected chi connectivity index (χ4v) is 3.09. The highest BCUT2D eigenvalue weighted by Gasteiger charge is 2.15. The summed E-state index contributed by atoms with van der Waals surface area (Å²) in [5.74, 6) is -0.948. The van der Waals surface area contributed by atoms with Crippen LogP contribution in [0.5, 0.6) is 0 Å². The molecule has 1 N–H and O–H groups in total. The van der Waals surface area contributed by atoms with Crippen molar-refractivity contribution in [2.45, 2.75) is 0 Å². The second-order valence-corrected chi connectivity index (χ2v) is 5.70. The summed E-state index contributed by atoms with van der Waals surface area (Å²) < 4.78 is 13.9. The molecule has 0 unspecified atom stereocenters. The topological polar surface area (TPSA) is 74.0 Å². The molecule has 0 amide bonds. The zero-order chi connectivity index (χ0) is 16.4. The van der Waals surface area contributed by atoms with Crippen LogP contribution in [-0.4, -0.2) is 10.1 Å². The van der Waals surface area contributed by atoms with E-state index in [4.69, 9.17) is 0 Å². The molecule has 23 heavy (non-hydrogen) atoms. The third kappa shape index (κ3) is 2.82. The molecule has 3 aromatic rings. The van der Waals surface area contributed by atoms with Gasteiger partial charge in [0.2, 0.25) is 0 Å². The number of fused-ring (bicyclic) bond motifs is 1. The smallest absolute Gasteiger partial charge is 0.279 e. The molecular formula is C17H9FN2O2S. The zero-order valence-electron chi connectivity index (χ0n) is 11.7. The van der Waals surface area contributed by atoms with E-state index in [9.17, 15) is 19.6 Å². The molecule has 0 saturated heterocycles. The van der Waals surface area contributed by atoms with Crippen LogP contribution in [0.25, 0.3) is 21.4 Å². The molecule has 2 aromatic carbocycles. The largest absolute Gasteiger partial charge is 0.506 e. The SMILES string of the molecule is N#CC(=C(O)c1cccc(F)c1)c1nc(=O)c2ccccc2s1. The van der Waals surface area contributed by atoms with Crippen molar-refractivity contribution in [2.24, 2.45) is 0 Å². The Morgan fingerprint density at radius 1 is 1.22 bits per heavy atom. The van der Waals surface area contributed by atoms with E-state index in [0.29, 0.717) is 10.1 Å². The number of halogens is 1. The Balaban J connectivity index is 2.24. The van der Waals surface area contributed by atoms with Crippen molar-refractivity contribution in [1.29, 1.82) is 5.26 Å². The molecule has 6 heteroatoms. The second kappa shape index (κ2) is 5.99. The summed E-state index contributed by atoms with van der Waals surface area (Å²) in [5, 5.41) is 20.2. The number of nitriles is 1. The van der Waals surface area contributed by atoms with Crippen LogP contribution >= 0.6 is 11.3 Å². The summed E-state index contributed by atoms with van der Waals surface area (Å²) >= 11 is 1.12. The molecular weight excluding hydrogens is 315 g/mol. The van der Waals surface area contributed by atoms with Crippen LogP contribution in [0.15, 0.2) is 53.3 Å². The van der Waals surface area contributed by atoms with E-state index >= 15 is 0 Å². The Morgan fingerprint density at radius 2 is 2.00 bits per heavy atom. The van der Waals surface area contributed by atoms with Crippen LogP contribution in [0, 0.1) is 17.1 Å². The quantitative estimate of drug-likeness (QED) is 0.575. The summed E-state index contributed by atoms with van der Waals surface area (Å²) in [6, 6.07) is 14.0. The molecule has 0 aliphatic carbocycles. The van der Waals surface area contributed by atoms with Crippen LogP contribution in [0.3, 0.4) is 0 Å². The monoisotopic (exact) mass is 324 g/mol. The van der Waals surface area contributed by atoms with Gasteiger partial charge in [-0.15, -0.1) is 11.3 Å². The number of aliphatic hydroxyl groups is 1. The van der Waals surface area contributed by atoms with Crippen molar-refractivity contribution >= 4 is 32.8 Å². The van der Waals surface area contributed by atoms with Gasteiger partial charge in [-0.1, -0.05) is 24.3 Å².